The van der Waals surface area contributed by atoms with Crippen LogP contribution in [0.2, 0.25) is 0 Å². The zero-order chi connectivity index (χ0) is 19.9. The molecular formula is C22H21N3O3. The van der Waals surface area contributed by atoms with Crippen LogP contribution in [-0.2, 0) is 20.9 Å². The van der Waals surface area contributed by atoms with Crippen molar-refractivity contribution < 1.29 is 14.4 Å². The Morgan fingerprint density at radius 2 is 1.61 bits per heavy atom. The lowest BCUT2D eigenvalue weighted by molar-refractivity contribution is -0.125. The van der Waals surface area contributed by atoms with E-state index in [-0.39, 0.29) is 37.6 Å². The largest absolute Gasteiger partial charge is 0.370 e. The van der Waals surface area contributed by atoms with Gasteiger partial charge in [0.15, 0.2) is 0 Å². The number of rotatable bonds is 6. The van der Waals surface area contributed by atoms with E-state index in [1.54, 1.807) is 4.90 Å². The number of carbonyl (C=O) groups is 3. The number of nitrogens with zero attached hydrogens (tertiary/aromatic N) is 1. The first-order valence-electron chi connectivity index (χ1n) is 9.09. The zero-order valence-corrected chi connectivity index (χ0v) is 15.4. The van der Waals surface area contributed by atoms with Crippen molar-refractivity contribution in [2.45, 2.75) is 25.8 Å². The first-order chi connectivity index (χ1) is 13.5. The van der Waals surface area contributed by atoms with Crippen LogP contribution >= 0.6 is 0 Å². The van der Waals surface area contributed by atoms with Gasteiger partial charge in [0.1, 0.15) is 0 Å². The van der Waals surface area contributed by atoms with Gasteiger partial charge in [0.25, 0.3) is 0 Å². The maximum Gasteiger partial charge on any atom is 0.227 e. The summed E-state index contributed by atoms with van der Waals surface area (Å²) in [4.78, 5) is 37.3. The molecule has 0 spiro atoms. The van der Waals surface area contributed by atoms with Gasteiger partial charge in [0.05, 0.1) is 12.2 Å². The number of carbonyl (C=O) groups excluding carboxylic acids is 3. The lowest BCUT2D eigenvalue weighted by atomic mass is 10.0. The van der Waals surface area contributed by atoms with Gasteiger partial charge in [-0.2, -0.15) is 0 Å². The van der Waals surface area contributed by atoms with E-state index >= 15 is 0 Å². The Morgan fingerprint density at radius 3 is 2.39 bits per heavy atom. The highest BCUT2D eigenvalue weighted by atomic mass is 16.2. The number of hydrogen-bond donors (Lipinski definition) is 2. The second kappa shape index (κ2) is 8.87. The highest BCUT2D eigenvalue weighted by Crippen LogP contribution is 2.26. The van der Waals surface area contributed by atoms with Crippen molar-refractivity contribution in [2.24, 2.45) is 5.73 Å². The summed E-state index contributed by atoms with van der Waals surface area (Å²) < 4.78 is 0. The highest BCUT2D eigenvalue weighted by Gasteiger charge is 2.21. The van der Waals surface area contributed by atoms with Crippen LogP contribution in [0.1, 0.15) is 36.0 Å². The first-order valence-corrected chi connectivity index (χ1v) is 9.09. The first kappa shape index (κ1) is 19.2. The minimum atomic E-state index is -0.478. The van der Waals surface area contributed by atoms with E-state index in [1.165, 1.54) is 0 Å². The average molecular weight is 375 g/mol. The Bertz CT molecular complexity index is 972. The fraction of sp³-hybridized carbons (Fsp3) is 0.227. The van der Waals surface area contributed by atoms with Gasteiger partial charge < -0.3 is 16.0 Å². The SMILES string of the molecule is NC(=O)CCNC(=O)CCC(=O)N1Cc2ccccc2C#Cc2ccccc21. The molecule has 3 rings (SSSR count). The van der Waals surface area contributed by atoms with E-state index in [9.17, 15) is 14.4 Å². The van der Waals surface area contributed by atoms with Crippen molar-refractivity contribution in [3.63, 3.8) is 0 Å². The number of benzene rings is 2. The standard InChI is InChI=1S/C22H21N3O3/c23-20(26)13-14-24-21(27)11-12-22(28)25-15-18-7-2-1-5-16(18)9-10-17-6-3-4-8-19(17)25/h1-8H,11-15H2,(H2,23,26)(H,24,27). The molecule has 142 valence electrons. The fourth-order valence-corrected chi connectivity index (χ4v) is 2.98. The summed E-state index contributed by atoms with van der Waals surface area (Å²) in [5.74, 6) is 5.40. The van der Waals surface area contributed by atoms with Gasteiger partial charge in [-0.05, 0) is 23.8 Å². The Labute approximate surface area is 163 Å². The molecule has 0 saturated carbocycles. The fourth-order valence-electron chi connectivity index (χ4n) is 2.98. The normalized spacial score (nSPS) is 11.8. The third-order valence-corrected chi connectivity index (χ3v) is 4.43. The molecule has 1 heterocycles. The molecule has 2 aromatic carbocycles. The molecule has 0 aromatic heterocycles. The van der Waals surface area contributed by atoms with Gasteiger partial charge in [0.2, 0.25) is 17.7 Å². The molecule has 0 saturated heterocycles. The molecule has 1 aliphatic heterocycles. The average Bonchev–Trinajstić information content (AvgIpc) is 2.67. The van der Waals surface area contributed by atoms with Crippen molar-refractivity contribution in [1.82, 2.24) is 5.32 Å². The predicted molar refractivity (Wildman–Crippen MR) is 106 cm³/mol. The van der Waals surface area contributed by atoms with Gasteiger partial charge in [-0.25, -0.2) is 0 Å². The molecule has 0 bridgehead atoms. The molecule has 0 radical (unpaired) electrons. The predicted octanol–water partition coefficient (Wildman–Crippen LogP) is 1.70. The lowest BCUT2D eigenvalue weighted by Gasteiger charge is -2.26. The summed E-state index contributed by atoms with van der Waals surface area (Å²) in [5.41, 5.74) is 8.41. The smallest absolute Gasteiger partial charge is 0.227 e. The Balaban J connectivity index is 1.75. The van der Waals surface area contributed by atoms with Crippen molar-refractivity contribution in [1.29, 1.82) is 0 Å². The molecule has 6 heteroatoms. The third-order valence-electron chi connectivity index (χ3n) is 4.43. The summed E-state index contributed by atoms with van der Waals surface area (Å²) in [7, 11) is 0. The molecule has 3 N–H and O–H groups in total. The number of para-hydroxylation sites is 1. The van der Waals surface area contributed by atoms with Crippen LogP contribution in [-0.4, -0.2) is 24.3 Å². The molecule has 0 fully saturated rings. The summed E-state index contributed by atoms with van der Waals surface area (Å²) in [5, 5.41) is 2.60. The molecule has 6 nitrogen and oxygen atoms in total. The highest BCUT2D eigenvalue weighted by molar-refractivity contribution is 5.97. The van der Waals surface area contributed by atoms with E-state index in [4.69, 9.17) is 5.73 Å². The van der Waals surface area contributed by atoms with Crippen LogP contribution in [0.5, 0.6) is 0 Å². The number of nitrogens with two attached hydrogens (primary N) is 1. The molecule has 1 aliphatic rings. The molecule has 28 heavy (non-hydrogen) atoms. The quantitative estimate of drug-likeness (QED) is 0.753. The van der Waals surface area contributed by atoms with Gasteiger partial charge in [-0.1, -0.05) is 42.2 Å². The topological polar surface area (TPSA) is 92.5 Å². The van der Waals surface area contributed by atoms with E-state index < -0.39 is 5.91 Å². The minimum absolute atomic E-state index is 0.0452. The Kier molecular flexibility index (Phi) is 6.07. The third kappa shape index (κ3) is 4.77. The van der Waals surface area contributed by atoms with Crippen LogP contribution in [0.15, 0.2) is 48.5 Å². The number of fused-ring (bicyclic) bond motifs is 2. The summed E-state index contributed by atoms with van der Waals surface area (Å²) in [6.07, 6.45) is 0.185. The molecule has 0 aliphatic carbocycles. The molecular weight excluding hydrogens is 354 g/mol. The van der Waals surface area contributed by atoms with E-state index in [2.05, 4.69) is 17.2 Å². The summed E-state index contributed by atoms with van der Waals surface area (Å²) in [6, 6.07) is 15.2. The second-order valence-corrected chi connectivity index (χ2v) is 6.47. The van der Waals surface area contributed by atoms with Crippen molar-refractivity contribution >= 4 is 23.4 Å². The minimum Gasteiger partial charge on any atom is -0.370 e. The lowest BCUT2D eigenvalue weighted by Crippen LogP contribution is -2.33. The van der Waals surface area contributed by atoms with E-state index in [0.29, 0.717) is 6.54 Å². The van der Waals surface area contributed by atoms with Gasteiger partial charge >= 0.3 is 0 Å². The number of anilines is 1. The Morgan fingerprint density at radius 1 is 0.929 bits per heavy atom. The molecule has 3 amide bonds. The van der Waals surface area contributed by atoms with Gasteiger partial charge in [-0.15, -0.1) is 0 Å². The maximum absolute atomic E-state index is 12.9. The molecule has 0 atom stereocenters. The van der Waals surface area contributed by atoms with Crippen LogP contribution < -0.4 is 16.0 Å². The molecule has 2 aromatic rings. The number of amides is 3. The number of hydrogen-bond acceptors (Lipinski definition) is 3. The number of nitrogens with one attached hydrogen (secondary N) is 1. The zero-order valence-electron chi connectivity index (χ0n) is 15.4. The number of primary amides is 1. The van der Waals surface area contributed by atoms with Crippen LogP contribution in [0, 0.1) is 11.8 Å². The van der Waals surface area contributed by atoms with Gasteiger partial charge in [-0.3, -0.25) is 14.4 Å². The second-order valence-electron chi connectivity index (χ2n) is 6.47. The van der Waals surface area contributed by atoms with Crippen LogP contribution in [0.4, 0.5) is 5.69 Å². The van der Waals surface area contributed by atoms with E-state index in [1.807, 2.05) is 48.5 Å². The Hall–Kier alpha value is -3.59. The van der Waals surface area contributed by atoms with Crippen molar-refractivity contribution in [3.05, 3.63) is 65.2 Å². The monoisotopic (exact) mass is 375 g/mol. The van der Waals surface area contributed by atoms with Gasteiger partial charge in [0, 0.05) is 36.9 Å². The van der Waals surface area contributed by atoms with E-state index in [0.717, 1.165) is 22.4 Å². The summed E-state index contributed by atoms with van der Waals surface area (Å²) >= 11 is 0. The summed E-state index contributed by atoms with van der Waals surface area (Å²) in [6.45, 7) is 0.571. The molecule has 0 unspecified atom stereocenters. The van der Waals surface area contributed by atoms with Crippen molar-refractivity contribution in [3.8, 4) is 11.8 Å². The van der Waals surface area contributed by atoms with Crippen LogP contribution in [0.25, 0.3) is 0 Å². The van der Waals surface area contributed by atoms with Crippen LogP contribution in [0.3, 0.4) is 0 Å². The maximum atomic E-state index is 12.9. The van der Waals surface area contributed by atoms with Crippen molar-refractivity contribution in [2.75, 3.05) is 11.4 Å².